The van der Waals surface area contributed by atoms with Crippen molar-refractivity contribution >= 4 is 22.6 Å². The summed E-state index contributed by atoms with van der Waals surface area (Å²) < 4.78 is 7.19. The van der Waals surface area contributed by atoms with E-state index in [1.807, 2.05) is 55.6 Å². The molecule has 1 heterocycles. The number of nitrogens with two attached hydrogens (primary N) is 1. The van der Waals surface area contributed by atoms with E-state index in [4.69, 9.17) is 10.5 Å². The van der Waals surface area contributed by atoms with E-state index in [1.165, 1.54) is 0 Å². The Kier molecular flexibility index (Phi) is 5.11. The van der Waals surface area contributed by atoms with Crippen molar-refractivity contribution in [3.05, 3.63) is 48.5 Å². The van der Waals surface area contributed by atoms with Crippen molar-refractivity contribution in [3.63, 3.8) is 0 Å². The first-order valence-corrected chi connectivity index (χ1v) is 8.17. The molecule has 1 atom stereocenters. The van der Waals surface area contributed by atoms with Crippen LogP contribution < -0.4 is 11.1 Å². The number of aromatic nitrogens is 2. The number of fused-ring (bicyclic) bond motifs is 1. The van der Waals surface area contributed by atoms with Gasteiger partial charge in [-0.3, -0.25) is 4.79 Å². The number of nitrogens with one attached hydrogen (secondary N) is 1. The van der Waals surface area contributed by atoms with Crippen molar-refractivity contribution < 1.29 is 9.53 Å². The van der Waals surface area contributed by atoms with Crippen molar-refractivity contribution in [2.75, 3.05) is 19.0 Å². The molecule has 0 aliphatic heterocycles. The molecule has 0 fully saturated rings. The summed E-state index contributed by atoms with van der Waals surface area (Å²) in [5, 5.41) is 2.86. The quantitative estimate of drug-likeness (QED) is 0.723. The Balaban J connectivity index is 1.75. The lowest BCUT2D eigenvalue weighted by Gasteiger charge is -2.12. The zero-order valence-electron chi connectivity index (χ0n) is 14.4. The van der Waals surface area contributed by atoms with E-state index in [0.717, 1.165) is 28.1 Å². The number of amides is 1. The number of benzene rings is 2. The van der Waals surface area contributed by atoms with Crippen LogP contribution in [0.5, 0.6) is 0 Å². The number of rotatable bonds is 6. The maximum absolute atomic E-state index is 12.0. The molecule has 1 unspecified atom stereocenters. The Bertz CT molecular complexity index is 867. The molecule has 6 heteroatoms. The zero-order valence-corrected chi connectivity index (χ0v) is 14.4. The van der Waals surface area contributed by atoms with Gasteiger partial charge in [-0.1, -0.05) is 12.1 Å². The summed E-state index contributed by atoms with van der Waals surface area (Å²) in [5.41, 5.74) is 9.32. The molecule has 1 amide bonds. The van der Waals surface area contributed by atoms with Crippen LogP contribution in [0, 0.1) is 0 Å². The number of nitrogens with zero attached hydrogens (tertiary/aromatic N) is 2. The molecule has 0 spiro atoms. The predicted octanol–water partition coefficient (Wildman–Crippen LogP) is 2.54. The van der Waals surface area contributed by atoms with E-state index in [2.05, 4.69) is 14.9 Å². The third kappa shape index (κ3) is 3.70. The van der Waals surface area contributed by atoms with E-state index in [0.29, 0.717) is 6.54 Å². The highest BCUT2D eigenvalue weighted by atomic mass is 16.5. The van der Waals surface area contributed by atoms with Crippen molar-refractivity contribution in [1.82, 2.24) is 9.55 Å². The molecule has 0 saturated heterocycles. The summed E-state index contributed by atoms with van der Waals surface area (Å²) in [6.07, 6.45) is -0.0289. The Morgan fingerprint density at radius 1 is 1.24 bits per heavy atom. The fourth-order valence-corrected chi connectivity index (χ4v) is 2.79. The lowest BCUT2D eigenvalue weighted by atomic mass is 10.2. The van der Waals surface area contributed by atoms with Crippen LogP contribution in [-0.2, 0) is 16.6 Å². The van der Waals surface area contributed by atoms with Gasteiger partial charge in [0.25, 0.3) is 0 Å². The average Bonchev–Trinajstić information content (AvgIpc) is 2.97. The SMILES string of the molecule is COC(CN)CC(=O)Nc1ccc(-c2nc3ccccc3n2C)cc1. The molecule has 0 radical (unpaired) electrons. The molecule has 130 valence electrons. The van der Waals surface area contributed by atoms with Gasteiger partial charge in [0.2, 0.25) is 5.91 Å². The number of carbonyl (C=O) groups is 1. The Morgan fingerprint density at radius 3 is 2.60 bits per heavy atom. The van der Waals surface area contributed by atoms with Crippen LogP contribution in [0.3, 0.4) is 0 Å². The third-order valence-electron chi connectivity index (χ3n) is 4.22. The number of ether oxygens (including phenoxy) is 1. The summed E-state index contributed by atoms with van der Waals surface area (Å²) >= 11 is 0. The second-order valence-electron chi connectivity index (χ2n) is 5.91. The number of aryl methyl sites for hydroxylation is 1. The first-order chi connectivity index (χ1) is 12.1. The van der Waals surface area contributed by atoms with E-state index in [1.54, 1.807) is 7.11 Å². The zero-order chi connectivity index (χ0) is 17.8. The van der Waals surface area contributed by atoms with Crippen molar-refractivity contribution in [2.24, 2.45) is 12.8 Å². The van der Waals surface area contributed by atoms with Crippen LogP contribution in [0.15, 0.2) is 48.5 Å². The number of para-hydroxylation sites is 2. The first kappa shape index (κ1) is 17.1. The van der Waals surface area contributed by atoms with Gasteiger partial charge >= 0.3 is 0 Å². The molecule has 1 aromatic heterocycles. The van der Waals surface area contributed by atoms with Crippen LogP contribution in [0.2, 0.25) is 0 Å². The second kappa shape index (κ2) is 7.46. The fraction of sp³-hybridized carbons (Fsp3) is 0.263. The average molecular weight is 338 g/mol. The van der Waals surface area contributed by atoms with Gasteiger partial charge in [0, 0.05) is 32.0 Å². The van der Waals surface area contributed by atoms with Crippen LogP contribution in [0.1, 0.15) is 6.42 Å². The second-order valence-corrected chi connectivity index (χ2v) is 5.91. The molecule has 2 aromatic carbocycles. The number of hydrogen-bond acceptors (Lipinski definition) is 4. The normalized spacial score (nSPS) is 12.3. The molecule has 0 bridgehead atoms. The minimum absolute atomic E-state index is 0.118. The topological polar surface area (TPSA) is 82.2 Å². The lowest BCUT2D eigenvalue weighted by molar-refractivity contribution is -0.118. The molecule has 25 heavy (non-hydrogen) atoms. The molecule has 3 aromatic rings. The van der Waals surface area contributed by atoms with E-state index in [-0.39, 0.29) is 18.4 Å². The van der Waals surface area contributed by atoms with E-state index in [9.17, 15) is 4.79 Å². The maximum atomic E-state index is 12.0. The monoisotopic (exact) mass is 338 g/mol. The number of hydrogen-bond donors (Lipinski definition) is 2. The molecule has 0 aliphatic rings. The van der Waals surface area contributed by atoms with Gasteiger partial charge in [0.1, 0.15) is 5.82 Å². The highest BCUT2D eigenvalue weighted by Crippen LogP contribution is 2.24. The summed E-state index contributed by atoms with van der Waals surface area (Å²) in [4.78, 5) is 16.7. The van der Waals surface area contributed by atoms with Gasteiger partial charge in [-0.25, -0.2) is 4.98 Å². The van der Waals surface area contributed by atoms with Gasteiger partial charge in [-0.15, -0.1) is 0 Å². The minimum Gasteiger partial charge on any atom is -0.380 e. The van der Waals surface area contributed by atoms with Crippen LogP contribution in [0.4, 0.5) is 5.69 Å². The highest BCUT2D eigenvalue weighted by Gasteiger charge is 2.12. The third-order valence-corrected chi connectivity index (χ3v) is 4.22. The number of carbonyl (C=O) groups excluding carboxylic acids is 1. The smallest absolute Gasteiger partial charge is 0.227 e. The van der Waals surface area contributed by atoms with Gasteiger partial charge in [-0.2, -0.15) is 0 Å². The fourth-order valence-electron chi connectivity index (χ4n) is 2.79. The van der Waals surface area contributed by atoms with E-state index >= 15 is 0 Å². The van der Waals surface area contributed by atoms with Crippen LogP contribution in [0.25, 0.3) is 22.4 Å². The molecule has 3 N–H and O–H groups in total. The van der Waals surface area contributed by atoms with Crippen LogP contribution in [-0.4, -0.2) is 35.2 Å². The molecular weight excluding hydrogens is 316 g/mol. The van der Waals surface area contributed by atoms with Gasteiger partial charge < -0.3 is 20.4 Å². The number of imidazole rings is 1. The molecular formula is C19H22N4O2. The predicted molar refractivity (Wildman–Crippen MR) is 99.2 cm³/mol. The standard InChI is InChI=1S/C19H22N4O2/c1-23-17-6-4-3-5-16(17)22-19(23)13-7-9-14(10-8-13)21-18(24)11-15(12-20)25-2/h3-10,15H,11-12,20H2,1-2H3,(H,21,24). The lowest BCUT2D eigenvalue weighted by Crippen LogP contribution is -2.28. The maximum Gasteiger partial charge on any atom is 0.227 e. The Hall–Kier alpha value is -2.70. The molecule has 0 aliphatic carbocycles. The van der Waals surface area contributed by atoms with Crippen molar-refractivity contribution in [2.45, 2.75) is 12.5 Å². The summed E-state index contributed by atoms with van der Waals surface area (Å²) in [6.45, 7) is 0.315. The number of methoxy groups -OCH3 is 1. The minimum atomic E-state index is -0.265. The summed E-state index contributed by atoms with van der Waals surface area (Å²) in [5.74, 6) is 0.773. The Labute approximate surface area is 146 Å². The van der Waals surface area contributed by atoms with Gasteiger partial charge in [0.05, 0.1) is 23.6 Å². The van der Waals surface area contributed by atoms with Crippen molar-refractivity contribution in [1.29, 1.82) is 0 Å². The molecule has 0 saturated carbocycles. The number of anilines is 1. The Morgan fingerprint density at radius 2 is 1.96 bits per heavy atom. The first-order valence-electron chi connectivity index (χ1n) is 8.17. The van der Waals surface area contributed by atoms with E-state index < -0.39 is 0 Å². The summed E-state index contributed by atoms with van der Waals surface area (Å²) in [6, 6.07) is 15.7. The van der Waals surface area contributed by atoms with Gasteiger partial charge in [0.15, 0.2) is 0 Å². The van der Waals surface area contributed by atoms with Crippen molar-refractivity contribution in [3.8, 4) is 11.4 Å². The molecule has 6 nitrogen and oxygen atoms in total. The van der Waals surface area contributed by atoms with Gasteiger partial charge in [-0.05, 0) is 36.4 Å². The largest absolute Gasteiger partial charge is 0.380 e. The highest BCUT2D eigenvalue weighted by molar-refractivity contribution is 5.91. The molecule has 3 rings (SSSR count). The van der Waals surface area contributed by atoms with Crippen LogP contribution >= 0.6 is 0 Å². The summed E-state index contributed by atoms with van der Waals surface area (Å²) in [7, 11) is 3.55.